The molecule has 0 radical (unpaired) electrons. The standard InChI is InChI=1S/C13H19N3O3/c1-13(12(18)19)7-4-3-5-10(13)15-11(17)9-6-8-14-16(9)2/h6,8,10H,3-5,7H2,1-2H3,(H,15,17)(H,18,19). The van der Waals surface area contributed by atoms with E-state index in [2.05, 4.69) is 10.4 Å². The van der Waals surface area contributed by atoms with Crippen molar-refractivity contribution in [2.24, 2.45) is 12.5 Å². The van der Waals surface area contributed by atoms with E-state index in [-0.39, 0.29) is 11.9 Å². The van der Waals surface area contributed by atoms with Gasteiger partial charge in [-0.05, 0) is 25.8 Å². The van der Waals surface area contributed by atoms with Crippen LogP contribution in [0.1, 0.15) is 43.1 Å². The Balaban J connectivity index is 2.15. The number of carboxylic acid groups (broad SMARTS) is 1. The predicted octanol–water partition coefficient (Wildman–Crippen LogP) is 1.18. The summed E-state index contributed by atoms with van der Waals surface area (Å²) in [4.78, 5) is 23.6. The van der Waals surface area contributed by atoms with E-state index in [0.29, 0.717) is 18.5 Å². The molecule has 2 atom stereocenters. The van der Waals surface area contributed by atoms with Crippen molar-refractivity contribution in [3.8, 4) is 0 Å². The van der Waals surface area contributed by atoms with Crippen LogP contribution in [-0.2, 0) is 11.8 Å². The molecule has 0 spiro atoms. The second-order valence-electron chi connectivity index (χ2n) is 5.33. The van der Waals surface area contributed by atoms with Gasteiger partial charge >= 0.3 is 5.97 Å². The van der Waals surface area contributed by atoms with Gasteiger partial charge in [0, 0.05) is 19.3 Å². The molecule has 6 heteroatoms. The Morgan fingerprint density at radius 2 is 2.26 bits per heavy atom. The third-order valence-corrected chi connectivity index (χ3v) is 4.06. The van der Waals surface area contributed by atoms with Gasteiger partial charge in [0.05, 0.1) is 5.41 Å². The molecule has 1 aliphatic rings. The summed E-state index contributed by atoms with van der Waals surface area (Å²) in [7, 11) is 1.69. The maximum Gasteiger partial charge on any atom is 0.311 e. The van der Waals surface area contributed by atoms with Crippen LogP contribution in [0.5, 0.6) is 0 Å². The topological polar surface area (TPSA) is 84.2 Å². The van der Waals surface area contributed by atoms with E-state index < -0.39 is 11.4 Å². The third kappa shape index (κ3) is 2.47. The Hall–Kier alpha value is -1.85. The molecule has 1 aromatic heterocycles. The first-order valence-corrected chi connectivity index (χ1v) is 6.47. The quantitative estimate of drug-likeness (QED) is 0.859. The Bertz CT molecular complexity index is 497. The fourth-order valence-electron chi connectivity index (χ4n) is 2.65. The zero-order valence-corrected chi connectivity index (χ0v) is 11.2. The minimum Gasteiger partial charge on any atom is -0.481 e. The molecule has 104 valence electrons. The largest absolute Gasteiger partial charge is 0.481 e. The van der Waals surface area contributed by atoms with Crippen molar-refractivity contribution < 1.29 is 14.7 Å². The lowest BCUT2D eigenvalue weighted by Gasteiger charge is -2.38. The fraction of sp³-hybridized carbons (Fsp3) is 0.615. The number of rotatable bonds is 3. The summed E-state index contributed by atoms with van der Waals surface area (Å²) in [6, 6.07) is 1.29. The molecule has 0 bridgehead atoms. The second-order valence-corrected chi connectivity index (χ2v) is 5.33. The van der Waals surface area contributed by atoms with Crippen molar-refractivity contribution in [2.75, 3.05) is 0 Å². The zero-order chi connectivity index (χ0) is 14.0. The van der Waals surface area contributed by atoms with Crippen molar-refractivity contribution in [1.82, 2.24) is 15.1 Å². The molecule has 1 aliphatic carbocycles. The van der Waals surface area contributed by atoms with E-state index in [1.165, 1.54) is 4.68 Å². The average Bonchev–Trinajstić information content (AvgIpc) is 2.78. The van der Waals surface area contributed by atoms with Crippen LogP contribution in [0.3, 0.4) is 0 Å². The van der Waals surface area contributed by atoms with Gasteiger partial charge in [0.1, 0.15) is 5.69 Å². The highest BCUT2D eigenvalue weighted by atomic mass is 16.4. The maximum absolute atomic E-state index is 12.1. The van der Waals surface area contributed by atoms with E-state index in [9.17, 15) is 14.7 Å². The van der Waals surface area contributed by atoms with Gasteiger partial charge in [-0.3, -0.25) is 14.3 Å². The van der Waals surface area contributed by atoms with Crippen LogP contribution in [0.15, 0.2) is 12.3 Å². The van der Waals surface area contributed by atoms with E-state index in [0.717, 1.165) is 12.8 Å². The van der Waals surface area contributed by atoms with Crippen molar-refractivity contribution in [2.45, 2.75) is 38.6 Å². The normalized spacial score (nSPS) is 26.9. The molecular weight excluding hydrogens is 246 g/mol. The minimum atomic E-state index is -0.882. The number of nitrogens with one attached hydrogen (secondary N) is 1. The third-order valence-electron chi connectivity index (χ3n) is 4.06. The summed E-state index contributed by atoms with van der Waals surface area (Å²) in [6.45, 7) is 1.71. The number of aryl methyl sites for hydroxylation is 1. The maximum atomic E-state index is 12.1. The molecular formula is C13H19N3O3. The van der Waals surface area contributed by atoms with E-state index in [4.69, 9.17) is 0 Å². The van der Waals surface area contributed by atoms with Gasteiger partial charge in [-0.2, -0.15) is 5.10 Å². The van der Waals surface area contributed by atoms with E-state index >= 15 is 0 Å². The summed E-state index contributed by atoms with van der Waals surface area (Å²) in [5, 5.41) is 16.2. The average molecular weight is 265 g/mol. The summed E-state index contributed by atoms with van der Waals surface area (Å²) >= 11 is 0. The molecule has 19 heavy (non-hydrogen) atoms. The number of carbonyl (C=O) groups excluding carboxylic acids is 1. The van der Waals surface area contributed by atoms with Gasteiger partial charge in [0.2, 0.25) is 0 Å². The van der Waals surface area contributed by atoms with Crippen molar-refractivity contribution in [3.63, 3.8) is 0 Å². The molecule has 2 N–H and O–H groups in total. The molecule has 1 amide bonds. The Kier molecular flexibility index (Phi) is 3.59. The predicted molar refractivity (Wildman–Crippen MR) is 68.7 cm³/mol. The fourth-order valence-corrected chi connectivity index (χ4v) is 2.65. The Morgan fingerprint density at radius 3 is 2.84 bits per heavy atom. The SMILES string of the molecule is Cn1nccc1C(=O)NC1CCCCC1(C)C(=O)O. The van der Waals surface area contributed by atoms with Gasteiger partial charge in [-0.15, -0.1) is 0 Å². The highest BCUT2D eigenvalue weighted by molar-refractivity contribution is 5.93. The monoisotopic (exact) mass is 265 g/mol. The van der Waals surface area contributed by atoms with Crippen LogP contribution in [0.25, 0.3) is 0 Å². The first kappa shape index (κ1) is 13.6. The van der Waals surface area contributed by atoms with Gasteiger partial charge in [-0.1, -0.05) is 12.8 Å². The molecule has 0 aliphatic heterocycles. The number of carboxylic acids is 1. The first-order valence-electron chi connectivity index (χ1n) is 6.47. The van der Waals surface area contributed by atoms with Crippen molar-refractivity contribution in [3.05, 3.63) is 18.0 Å². The van der Waals surface area contributed by atoms with Gasteiger partial charge < -0.3 is 10.4 Å². The molecule has 0 aromatic carbocycles. The number of hydrogen-bond acceptors (Lipinski definition) is 3. The highest BCUT2D eigenvalue weighted by Crippen LogP contribution is 2.36. The van der Waals surface area contributed by atoms with Gasteiger partial charge in [-0.25, -0.2) is 0 Å². The molecule has 1 fully saturated rings. The van der Waals surface area contributed by atoms with Crippen LogP contribution in [0.2, 0.25) is 0 Å². The van der Waals surface area contributed by atoms with Gasteiger partial charge in [0.25, 0.3) is 5.91 Å². The molecule has 1 saturated carbocycles. The summed E-state index contributed by atoms with van der Waals surface area (Å²) in [5.74, 6) is -1.11. The number of amides is 1. The summed E-state index contributed by atoms with van der Waals surface area (Å²) < 4.78 is 1.48. The van der Waals surface area contributed by atoms with Crippen LogP contribution >= 0.6 is 0 Å². The lowest BCUT2D eigenvalue weighted by Crippen LogP contribution is -2.52. The molecule has 2 unspecified atom stereocenters. The summed E-state index contributed by atoms with van der Waals surface area (Å²) in [6.07, 6.45) is 4.68. The van der Waals surface area contributed by atoms with E-state index in [1.807, 2.05) is 0 Å². The molecule has 0 saturated heterocycles. The number of aromatic nitrogens is 2. The highest BCUT2D eigenvalue weighted by Gasteiger charge is 2.44. The lowest BCUT2D eigenvalue weighted by molar-refractivity contribution is -0.151. The van der Waals surface area contributed by atoms with Crippen LogP contribution in [-0.4, -0.2) is 32.8 Å². The Morgan fingerprint density at radius 1 is 1.53 bits per heavy atom. The van der Waals surface area contributed by atoms with Crippen LogP contribution in [0.4, 0.5) is 0 Å². The number of aliphatic carboxylic acids is 1. The minimum absolute atomic E-state index is 0.264. The number of nitrogens with zero attached hydrogens (tertiary/aromatic N) is 2. The number of hydrogen-bond donors (Lipinski definition) is 2. The Labute approximate surface area is 111 Å². The first-order chi connectivity index (χ1) is 8.95. The van der Waals surface area contributed by atoms with Gasteiger partial charge in [0.15, 0.2) is 0 Å². The molecule has 6 nitrogen and oxygen atoms in total. The molecule has 1 aromatic rings. The number of carbonyl (C=O) groups is 2. The second kappa shape index (κ2) is 5.03. The van der Waals surface area contributed by atoms with E-state index in [1.54, 1.807) is 26.2 Å². The molecule has 1 heterocycles. The molecule has 2 rings (SSSR count). The summed E-state index contributed by atoms with van der Waals surface area (Å²) in [5.41, 5.74) is -0.440. The van der Waals surface area contributed by atoms with Crippen LogP contribution < -0.4 is 5.32 Å². The van der Waals surface area contributed by atoms with Crippen molar-refractivity contribution >= 4 is 11.9 Å². The lowest BCUT2D eigenvalue weighted by atomic mass is 9.71. The smallest absolute Gasteiger partial charge is 0.311 e. The zero-order valence-electron chi connectivity index (χ0n) is 11.2. The van der Waals surface area contributed by atoms with Crippen molar-refractivity contribution in [1.29, 1.82) is 0 Å². The van der Waals surface area contributed by atoms with Crippen LogP contribution in [0, 0.1) is 5.41 Å².